The fourth-order valence-corrected chi connectivity index (χ4v) is 4.90. The number of fused-ring (bicyclic) bond motifs is 1. The molecule has 45 heavy (non-hydrogen) atoms. The number of amides is 3. The van der Waals surface area contributed by atoms with Crippen LogP contribution < -0.4 is 15.5 Å². The molecule has 0 unspecified atom stereocenters. The number of carboxylic acids is 1. The van der Waals surface area contributed by atoms with Crippen molar-refractivity contribution in [3.05, 3.63) is 78.9 Å². The average Bonchev–Trinajstić information content (AvgIpc) is 3.58. The van der Waals surface area contributed by atoms with Crippen LogP contribution >= 0.6 is 0 Å². The van der Waals surface area contributed by atoms with Gasteiger partial charge in [-0.1, -0.05) is 36.4 Å². The first-order valence-corrected chi connectivity index (χ1v) is 13.9. The summed E-state index contributed by atoms with van der Waals surface area (Å²) in [6.07, 6.45) is -3.09. The van der Waals surface area contributed by atoms with Gasteiger partial charge in [0.15, 0.2) is 29.3 Å². The van der Waals surface area contributed by atoms with Gasteiger partial charge in [-0.3, -0.25) is 14.2 Å². The molecule has 1 saturated heterocycles. The van der Waals surface area contributed by atoms with Gasteiger partial charge in [0.1, 0.15) is 30.6 Å². The number of nitrogens with one attached hydrogen (secondary N) is 2. The Hall–Kier alpha value is -5.41. The molecule has 2 aromatic heterocycles. The van der Waals surface area contributed by atoms with Crippen LogP contribution in [-0.2, 0) is 19.1 Å². The number of rotatable bonds is 8. The zero-order valence-electron chi connectivity index (χ0n) is 24.5. The Labute approximate surface area is 256 Å². The summed E-state index contributed by atoms with van der Waals surface area (Å²) >= 11 is 0. The summed E-state index contributed by atoms with van der Waals surface area (Å²) in [6.45, 7) is 4.44. The van der Waals surface area contributed by atoms with Crippen molar-refractivity contribution in [2.45, 2.75) is 50.8 Å². The van der Waals surface area contributed by atoms with Crippen molar-refractivity contribution in [1.29, 1.82) is 0 Å². The number of aromatic nitrogens is 4. The summed E-state index contributed by atoms with van der Waals surface area (Å²) in [7, 11) is 0. The number of para-hydroxylation sites is 1. The predicted molar refractivity (Wildman–Crippen MR) is 159 cm³/mol. The molecule has 234 valence electrons. The van der Waals surface area contributed by atoms with E-state index >= 15 is 0 Å². The fraction of sp³-hybridized carbons (Fsp3) is 0.300. The number of aliphatic hydroxyl groups excluding tert-OH is 1. The number of hydrogen-bond acceptors (Lipinski definition) is 10. The van der Waals surface area contributed by atoms with E-state index in [0.29, 0.717) is 5.56 Å². The van der Waals surface area contributed by atoms with E-state index < -0.39 is 60.5 Å². The van der Waals surface area contributed by atoms with Crippen LogP contribution in [0.2, 0.25) is 0 Å². The number of carboxylic acid groups (broad SMARTS) is 1. The normalized spacial score (nSPS) is 19.6. The van der Waals surface area contributed by atoms with Gasteiger partial charge in [0.05, 0.1) is 6.33 Å². The molecule has 3 heterocycles. The maximum atomic E-state index is 13.6. The highest BCUT2D eigenvalue weighted by Crippen LogP contribution is 2.37. The number of alkyl carbamates (subject to hydrolysis) is 1. The third kappa shape index (κ3) is 6.73. The van der Waals surface area contributed by atoms with E-state index in [9.17, 15) is 29.4 Å². The van der Waals surface area contributed by atoms with Crippen LogP contribution in [0.5, 0.6) is 0 Å². The molecule has 3 amide bonds. The Bertz CT molecular complexity index is 1710. The van der Waals surface area contributed by atoms with Gasteiger partial charge in [-0.25, -0.2) is 24.5 Å². The van der Waals surface area contributed by atoms with Gasteiger partial charge in [-0.2, -0.15) is 0 Å². The van der Waals surface area contributed by atoms with Gasteiger partial charge in [0.2, 0.25) is 5.91 Å². The number of benzene rings is 2. The number of aliphatic carboxylic acids is 1. The third-order valence-electron chi connectivity index (χ3n) is 6.77. The van der Waals surface area contributed by atoms with Crippen molar-refractivity contribution in [1.82, 2.24) is 24.8 Å². The SMILES string of the molecule is CC(C)(C)OC(=O)NCC(=O)N(c1ccccc1)[C@H]1[C@@H](O)[C@H](n2cnc3c(NC(=O)c4ccccc4)ncnc32)O[C@@H]1C(=O)O. The Morgan fingerprint density at radius 1 is 1.00 bits per heavy atom. The molecule has 1 fully saturated rings. The van der Waals surface area contributed by atoms with Crippen molar-refractivity contribution in [2.24, 2.45) is 0 Å². The second-order valence-corrected chi connectivity index (χ2v) is 11.1. The second-order valence-electron chi connectivity index (χ2n) is 11.1. The number of nitrogens with zero attached hydrogens (tertiary/aromatic N) is 5. The molecule has 0 aliphatic carbocycles. The van der Waals surface area contributed by atoms with E-state index in [1.54, 1.807) is 81.4 Å². The lowest BCUT2D eigenvalue weighted by molar-refractivity contribution is -0.152. The zero-order chi connectivity index (χ0) is 32.3. The van der Waals surface area contributed by atoms with Crippen LogP contribution in [0.15, 0.2) is 73.3 Å². The summed E-state index contributed by atoms with van der Waals surface area (Å²) in [5.41, 5.74) is 0.121. The minimum absolute atomic E-state index is 0.0840. The van der Waals surface area contributed by atoms with Gasteiger partial charge < -0.3 is 35.2 Å². The third-order valence-corrected chi connectivity index (χ3v) is 6.77. The molecule has 0 spiro atoms. The summed E-state index contributed by atoms with van der Waals surface area (Å²) in [5, 5.41) is 26.8. The maximum Gasteiger partial charge on any atom is 0.408 e. The Morgan fingerprint density at radius 2 is 1.67 bits per heavy atom. The Kier molecular flexibility index (Phi) is 8.74. The highest BCUT2D eigenvalue weighted by atomic mass is 16.6. The van der Waals surface area contributed by atoms with Gasteiger partial charge in [-0.15, -0.1) is 0 Å². The number of ether oxygens (including phenoxy) is 2. The highest BCUT2D eigenvalue weighted by molar-refractivity contribution is 6.06. The molecular weight excluding hydrogens is 586 g/mol. The van der Waals surface area contributed by atoms with Crippen LogP contribution in [0, 0.1) is 0 Å². The molecule has 5 rings (SSSR count). The second kappa shape index (κ2) is 12.7. The van der Waals surface area contributed by atoms with E-state index in [0.717, 1.165) is 4.90 Å². The average molecular weight is 618 g/mol. The highest BCUT2D eigenvalue weighted by Gasteiger charge is 2.53. The zero-order valence-corrected chi connectivity index (χ0v) is 24.5. The monoisotopic (exact) mass is 617 g/mol. The van der Waals surface area contributed by atoms with E-state index in [2.05, 4.69) is 25.6 Å². The van der Waals surface area contributed by atoms with Crippen molar-refractivity contribution < 1.29 is 38.9 Å². The Balaban J connectivity index is 1.46. The molecule has 1 aliphatic heterocycles. The number of carbonyl (C=O) groups is 4. The smallest absolute Gasteiger partial charge is 0.408 e. The number of anilines is 2. The number of hydrogen-bond donors (Lipinski definition) is 4. The molecule has 0 saturated carbocycles. The largest absolute Gasteiger partial charge is 0.479 e. The summed E-state index contributed by atoms with van der Waals surface area (Å²) in [6, 6.07) is 15.1. The topological polar surface area (TPSA) is 198 Å². The predicted octanol–water partition coefficient (Wildman–Crippen LogP) is 2.35. The summed E-state index contributed by atoms with van der Waals surface area (Å²) in [5.74, 6) is -2.52. The lowest BCUT2D eigenvalue weighted by atomic mass is 10.0. The molecule has 0 radical (unpaired) electrons. The summed E-state index contributed by atoms with van der Waals surface area (Å²) in [4.78, 5) is 64.8. The number of aliphatic hydroxyl groups is 1. The number of carbonyl (C=O) groups excluding carboxylic acids is 3. The fourth-order valence-electron chi connectivity index (χ4n) is 4.90. The summed E-state index contributed by atoms with van der Waals surface area (Å²) < 4.78 is 12.4. The molecule has 4 N–H and O–H groups in total. The molecule has 4 aromatic rings. The lowest BCUT2D eigenvalue weighted by Crippen LogP contribution is -2.55. The van der Waals surface area contributed by atoms with Gasteiger partial charge >= 0.3 is 12.1 Å². The molecule has 15 nitrogen and oxygen atoms in total. The van der Waals surface area contributed by atoms with E-state index in [4.69, 9.17) is 9.47 Å². The molecule has 2 aromatic carbocycles. The number of imidazole rings is 1. The van der Waals surface area contributed by atoms with Crippen LogP contribution in [0.1, 0.15) is 37.4 Å². The first-order valence-electron chi connectivity index (χ1n) is 13.9. The van der Waals surface area contributed by atoms with Crippen molar-refractivity contribution in [3.63, 3.8) is 0 Å². The lowest BCUT2D eigenvalue weighted by Gasteiger charge is -2.32. The van der Waals surface area contributed by atoms with Crippen molar-refractivity contribution in [3.8, 4) is 0 Å². The van der Waals surface area contributed by atoms with Crippen LogP contribution in [0.25, 0.3) is 11.2 Å². The standard InChI is InChI=1S/C30H31N7O8/c1-30(2,3)45-29(43)31-14-19(38)37(18-12-8-5-9-13-18)21-22(39)27(44-23(21)28(41)42)36-16-34-20-24(32-15-33-25(20)36)35-26(40)17-10-6-4-7-11-17/h4-13,15-16,21-23,27,39H,14H2,1-3H3,(H,31,43)(H,41,42)(H,32,33,35,40)/t21-,22+,23-,27+/m0/s1. The van der Waals surface area contributed by atoms with Crippen molar-refractivity contribution >= 4 is 46.5 Å². The minimum Gasteiger partial charge on any atom is -0.479 e. The molecular formula is C30H31N7O8. The van der Waals surface area contributed by atoms with Crippen LogP contribution in [0.3, 0.4) is 0 Å². The van der Waals surface area contributed by atoms with Crippen molar-refractivity contribution in [2.75, 3.05) is 16.8 Å². The van der Waals surface area contributed by atoms with Gasteiger partial charge in [0, 0.05) is 11.3 Å². The minimum atomic E-state index is -1.70. The quantitative estimate of drug-likeness (QED) is 0.226. The first-order chi connectivity index (χ1) is 21.4. The maximum absolute atomic E-state index is 13.6. The van der Waals surface area contributed by atoms with E-state index in [1.165, 1.54) is 17.2 Å². The van der Waals surface area contributed by atoms with Gasteiger partial charge in [-0.05, 0) is 45.0 Å². The molecule has 4 atom stereocenters. The van der Waals surface area contributed by atoms with E-state index in [-0.39, 0.29) is 22.7 Å². The first kappa shape index (κ1) is 31.0. The molecule has 15 heteroatoms. The van der Waals surface area contributed by atoms with Crippen LogP contribution in [-0.4, -0.2) is 84.0 Å². The van der Waals surface area contributed by atoms with E-state index in [1.807, 2.05) is 0 Å². The Morgan fingerprint density at radius 3 is 2.31 bits per heavy atom. The van der Waals surface area contributed by atoms with Crippen LogP contribution in [0.4, 0.5) is 16.3 Å². The van der Waals surface area contributed by atoms with Gasteiger partial charge in [0.25, 0.3) is 5.91 Å². The molecule has 1 aliphatic rings. The molecule has 0 bridgehead atoms.